The lowest BCUT2D eigenvalue weighted by Gasteiger charge is -2.35. The van der Waals surface area contributed by atoms with Crippen LogP contribution in [0, 0.1) is 29.6 Å². The summed E-state index contributed by atoms with van der Waals surface area (Å²) in [6.45, 7) is 8.69. The van der Waals surface area contributed by atoms with Crippen molar-refractivity contribution in [1.82, 2.24) is 0 Å². The molecule has 25 heavy (non-hydrogen) atoms. The maximum absolute atomic E-state index is 11.2. The SMILES string of the molecule is COC[C@@]1(O)CC[C@@H]2/C1=C\[C@@H]1C(=C(C(C)C)[C@H](O)[C@H]1C)C[C@H](O)[C@@H]2C. The third kappa shape index (κ3) is 3.01. The summed E-state index contributed by atoms with van der Waals surface area (Å²) >= 11 is 0. The molecule has 0 amide bonds. The van der Waals surface area contributed by atoms with E-state index in [2.05, 4.69) is 33.8 Å². The number of hydrogen-bond donors (Lipinski definition) is 3. The molecular formula is C21H34O4. The van der Waals surface area contributed by atoms with Gasteiger partial charge in [-0.1, -0.05) is 39.3 Å². The molecule has 4 nitrogen and oxygen atoms in total. The molecule has 0 bridgehead atoms. The Morgan fingerprint density at radius 2 is 1.92 bits per heavy atom. The van der Waals surface area contributed by atoms with E-state index < -0.39 is 17.8 Å². The van der Waals surface area contributed by atoms with Gasteiger partial charge in [-0.25, -0.2) is 0 Å². The van der Waals surface area contributed by atoms with Crippen LogP contribution in [0.5, 0.6) is 0 Å². The number of aliphatic hydroxyl groups is 3. The quantitative estimate of drug-likeness (QED) is 0.685. The third-order valence-corrected chi connectivity index (χ3v) is 7.00. The Labute approximate surface area is 151 Å². The zero-order chi connectivity index (χ0) is 18.5. The van der Waals surface area contributed by atoms with Crippen LogP contribution in [0.2, 0.25) is 0 Å². The topological polar surface area (TPSA) is 69.9 Å². The fourth-order valence-corrected chi connectivity index (χ4v) is 5.53. The molecule has 0 spiro atoms. The van der Waals surface area contributed by atoms with Crippen LogP contribution in [0.4, 0.5) is 0 Å². The van der Waals surface area contributed by atoms with Crippen LogP contribution < -0.4 is 0 Å². The van der Waals surface area contributed by atoms with Crippen molar-refractivity contribution in [3.05, 3.63) is 22.8 Å². The number of fused-ring (bicyclic) bond motifs is 2. The maximum Gasteiger partial charge on any atom is 0.109 e. The summed E-state index contributed by atoms with van der Waals surface area (Å²) in [5.41, 5.74) is 2.35. The summed E-state index contributed by atoms with van der Waals surface area (Å²) in [5, 5.41) is 32.9. The first-order valence-electron chi connectivity index (χ1n) is 9.73. The Hall–Kier alpha value is -0.680. The molecule has 4 heteroatoms. The van der Waals surface area contributed by atoms with Gasteiger partial charge in [-0.15, -0.1) is 0 Å². The minimum atomic E-state index is -0.943. The highest BCUT2D eigenvalue weighted by Crippen LogP contribution is 2.52. The van der Waals surface area contributed by atoms with Gasteiger partial charge in [-0.2, -0.15) is 0 Å². The highest BCUT2D eigenvalue weighted by atomic mass is 16.5. The molecule has 0 aromatic carbocycles. The van der Waals surface area contributed by atoms with Crippen molar-refractivity contribution in [2.45, 2.75) is 64.8 Å². The molecule has 0 unspecified atom stereocenters. The summed E-state index contributed by atoms with van der Waals surface area (Å²) in [7, 11) is 1.62. The first-order valence-corrected chi connectivity index (χ1v) is 9.73. The van der Waals surface area contributed by atoms with Crippen molar-refractivity contribution >= 4 is 0 Å². The van der Waals surface area contributed by atoms with Gasteiger partial charge >= 0.3 is 0 Å². The van der Waals surface area contributed by atoms with Crippen molar-refractivity contribution in [3.8, 4) is 0 Å². The van der Waals surface area contributed by atoms with Gasteiger partial charge in [0.1, 0.15) is 5.60 Å². The van der Waals surface area contributed by atoms with E-state index in [4.69, 9.17) is 4.74 Å². The van der Waals surface area contributed by atoms with Crippen LogP contribution in [0.25, 0.3) is 0 Å². The van der Waals surface area contributed by atoms with Crippen LogP contribution in [-0.2, 0) is 4.74 Å². The second-order valence-electron chi connectivity index (χ2n) is 8.83. The average molecular weight is 350 g/mol. The predicted molar refractivity (Wildman–Crippen MR) is 97.9 cm³/mol. The fourth-order valence-electron chi connectivity index (χ4n) is 5.53. The molecule has 0 aromatic heterocycles. The molecule has 7 atom stereocenters. The smallest absolute Gasteiger partial charge is 0.109 e. The van der Waals surface area contributed by atoms with E-state index in [-0.39, 0.29) is 36.2 Å². The standard InChI is InChI=1S/C21H34O4/c1-11(2)19-16-9-18(22)12(3)14-6-7-21(24,10-25-5)17(14)8-15(16)13(4)20(19)23/h8,11-15,18,20,22-24H,6-7,9-10H2,1-5H3/b17-8+/t12-,13+,14+,15+,18+,20-,21+/m1/s1. The Morgan fingerprint density at radius 3 is 2.52 bits per heavy atom. The first-order chi connectivity index (χ1) is 11.7. The molecule has 3 N–H and O–H groups in total. The zero-order valence-corrected chi connectivity index (χ0v) is 16.2. The van der Waals surface area contributed by atoms with Crippen molar-refractivity contribution in [1.29, 1.82) is 0 Å². The van der Waals surface area contributed by atoms with Crippen LogP contribution in [0.3, 0.4) is 0 Å². The molecule has 3 aliphatic rings. The number of methoxy groups -OCH3 is 1. The number of aliphatic hydroxyl groups excluding tert-OH is 2. The molecule has 3 rings (SSSR count). The third-order valence-electron chi connectivity index (χ3n) is 7.00. The van der Waals surface area contributed by atoms with Gasteiger partial charge in [-0.3, -0.25) is 0 Å². The number of ether oxygens (including phenoxy) is 1. The molecule has 0 heterocycles. The lowest BCUT2D eigenvalue weighted by Crippen LogP contribution is -2.37. The minimum absolute atomic E-state index is 0.0774. The highest BCUT2D eigenvalue weighted by molar-refractivity contribution is 5.39. The van der Waals surface area contributed by atoms with Crippen molar-refractivity contribution in [3.63, 3.8) is 0 Å². The van der Waals surface area contributed by atoms with E-state index in [0.29, 0.717) is 12.8 Å². The summed E-state index contributed by atoms with van der Waals surface area (Å²) in [6.07, 6.45) is 3.49. The molecule has 3 aliphatic carbocycles. The average Bonchev–Trinajstić information content (AvgIpc) is 2.96. The highest BCUT2D eigenvalue weighted by Gasteiger charge is 2.49. The fraction of sp³-hybridized carbons (Fsp3) is 0.810. The summed E-state index contributed by atoms with van der Waals surface area (Å²) < 4.78 is 5.32. The summed E-state index contributed by atoms with van der Waals surface area (Å²) in [5.74, 6) is 0.702. The normalized spacial score (nSPS) is 46.5. The summed E-state index contributed by atoms with van der Waals surface area (Å²) in [6, 6.07) is 0. The van der Waals surface area contributed by atoms with Crippen LogP contribution in [0.1, 0.15) is 47.0 Å². The zero-order valence-electron chi connectivity index (χ0n) is 16.2. The summed E-state index contributed by atoms with van der Waals surface area (Å²) in [4.78, 5) is 0. The Bertz CT molecular complexity index is 578. The van der Waals surface area contributed by atoms with Gasteiger partial charge in [0, 0.05) is 13.0 Å². The van der Waals surface area contributed by atoms with Crippen LogP contribution in [-0.4, -0.2) is 46.8 Å². The van der Waals surface area contributed by atoms with E-state index in [0.717, 1.165) is 17.6 Å². The minimum Gasteiger partial charge on any atom is -0.392 e. The molecule has 1 fully saturated rings. The van der Waals surface area contributed by atoms with Crippen molar-refractivity contribution in [2.24, 2.45) is 29.6 Å². The van der Waals surface area contributed by atoms with Gasteiger partial charge in [0.05, 0.1) is 18.8 Å². The molecule has 142 valence electrons. The number of rotatable bonds is 3. The molecular weight excluding hydrogens is 316 g/mol. The van der Waals surface area contributed by atoms with E-state index in [1.807, 2.05) is 0 Å². The number of hydrogen-bond acceptors (Lipinski definition) is 4. The van der Waals surface area contributed by atoms with Gasteiger partial charge in [-0.05, 0) is 54.1 Å². The molecule has 1 saturated carbocycles. The van der Waals surface area contributed by atoms with Crippen molar-refractivity contribution < 1.29 is 20.1 Å². The maximum atomic E-state index is 11.2. The van der Waals surface area contributed by atoms with Gasteiger partial charge in [0.15, 0.2) is 0 Å². The second kappa shape index (κ2) is 6.80. The Morgan fingerprint density at radius 1 is 1.24 bits per heavy atom. The lowest BCUT2D eigenvalue weighted by molar-refractivity contribution is -0.000863. The molecule has 0 radical (unpaired) electrons. The van der Waals surface area contributed by atoms with E-state index >= 15 is 0 Å². The van der Waals surface area contributed by atoms with Crippen LogP contribution in [0.15, 0.2) is 22.8 Å². The van der Waals surface area contributed by atoms with Crippen molar-refractivity contribution in [2.75, 3.05) is 13.7 Å². The molecule has 0 aliphatic heterocycles. The first kappa shape index (κ1) is 19.1. The lowest BCUT2D eigenvalue weighted by atomic mass is 9.74. The Balaban J connectivity index is 2.13. The largest absolute Gasteiger partial charge is 0.392 e. The van der Waals surface area contributed by atoms with Gasteiger partial charge in [0.2, 0.25) is 0 Å². The number of allylic oxidation sites excluding steroid dienone is 1. The van der Waals surface area contributed by atoms with E-state index in [1.54, 1.807) is 7.11 Å². The van der Waals surface area contributed by atoms with Gasteiger partial charge < -0.3 is 20.1 Å². The second-order valence-corrected chi connectivity index (χ2v) is 8.83. The predicted octanol–water partition coefficient (Wildman–Crippen LogP) is 2.68. The Kier molecular flexibility index (Phi) is 5.20. The van der Waals surface area contributed by atoms with E-state index in [9.17, 15) is 15.3 Å². The monoisotopic (exact) mass is 350 g/mol. The molecule has 0 aromatic rings. The molecule has 0 saturated heterocycles. The van der Waals surface area contributed by atoms with Gasteiger partial charge in [0.25, 0.3) is 0 Å². The van der Waals surface area contributed by atoms with Crippen LogP contribution >= 0.6 is 0 Å². The van der Waals surface area contributed by atoms with E-state index in [1.165, 1.54) is 5.57 Å².